The molecule has 0 aliphatic heterocycles. The average Bonchev–Trinajstić information content (AvgIpc) is 2.64. The summed E-state index contributed by atoms with van der Waals surface area (Å²) in [6.07, 6.45) is 3.21. The maximum absolute atomic E-state index is 10.7. The minimum Gasteiger partial charge on any atom is -0.214 e. The van der Waals surface area contributed by atoms with Crippen molar-refractivity contribution in [1.82, 2.24) is 0 Å². The Morgan fingerprint density at radius 3 is 2.10 bits per heavy atom. The molecule has 0 saturated carbocycles. The molecule has 0 bridgehead atoms. The van der Waals surface area contributed by atoms with Gasteiger partial charge < -0.3 is 0 Å². The molecule has 0 radical (unpaired) electrons. The van der Waals surface area contributed by atoms with Gasteiger partial charge in [0.1, 0.15) is 0 Å². The average molecular weight is 388 g/mol. The quantitative estimate of drug-likeness (QED) is 0.478. The summed E-state index contributed by atoms with van der Waals surface area (Å²) in [4.78, 5) is 37.7. The molecule has 0 amide bonds. The van der Waals surface area contributed by atoms with Crippen molar-refractivity contribution in [1.29, 1.82) is 0 Å². The van der Waals surface area contributed by atoms with Crippen LogP contribution in [0.15, 0.2) is 56.4 Å². The summed E-state index contributed by atoms with van der Waals surface area (Å²) < 4.78 is 0. The highest BCUT2D eigenvalue weighted by atomic mass is 16.1. The molecule has 0 spiro atoms. The van der Waals surface area contributed by atoms with Crippen molar-refractivity contribution in [3.8, 4) is 0 Å². The van der Waals surface area contributed by atoms with Gasteiger partial charge in [0.05, 0.1) is 28.5 Å². The summed E-state index contributed by atoms with van der Waals surface area (Å²) in [5, 5.41) is 0. The van der Waals surface area contributed by atoms with Crippen LogP contribution in [0, 0.1) is 13.8 Å². The topological polar surface area (TPSA) is 83.6 Å². The van der Waals surface area contributed by atoms with Gasteiger partial charge in [-0.05, 0) is 82.0 Å². The number of aliphatic imine (C=N–C) groups is 4. The molecule has 0 atom stereocenters. The van der Waals surface area contributed by atoms with E-state index < -0.39 is 11.1 Å². The largest absolute Gasteiger partial charge is 0.240 e. The molecule has 0 N–H and O–H groups in total. The summed E-state index contributed by atoms with van der Waals surface area (Å²) >= 11 is 0. The number of benzene rings is 2. The number of hydrogen-bond donors (Lipinski definition) is 0. The molecule has 2 aromatic rings. The fraction of sp³-hybridized carbons (Fsp3) is 0.348. The van der Waals surface area contributed by atoms with Crippen LogP contribution < -0.4 is 0 Å². The normalized spacial score (nSPS) is 11.0. The molecular formula is C23H24N4O2. The molecule has 0 unspecified atom stereocenters. The third-order valence-corrected chi connectivity index (χ3v) is 4.80. The molecule has 2 rings (SSSR count). The van der Waals surface area contributed by atoms with E-state index in [9.17, 15) is 9.59 Å². The van der Waals surface area contributed by atoms with Crippen LogP contribution in [0.3, 0.4) is 0 Å². The fourth-order valence-corrected chi connectivity index (χ4v) is 2.94. The van der Waals surface area contributed by atoms with Crippen LogP contribution in [0.5, 0.6) is 0 Å². The Hall–Kier alpha value is -3.42. The maximum atomic E-state index is 10.7. The van der Waals surface area contributed by atoms with Gasteiger partial charge >= 0.3 is 0 Å². The monoisotopic (exact) mass is 388 g/mol. The predicted molar refractivity (Wildman–Crippen MR) is 114 cm³/mol. The lowest BCUT2D eigenvalue weighted by molar-refractivity contribution is 0.521. The zero-order chi connectivity index (χ0) is 21.7. The van der Waals surface area contributed by atoms with Crippen molar-refractivity contribution >= 4 is 29.5 Å². The van der Waals surface area contributed by atoms with E-state index in [1.165, 1.54) is 0 Å². The molecule has 0 saturated heterocycles. The molecule has 29 heavy (non-hydrogen) atoms. The number of aryl methyl sites for hydroxylation is 2. The fourth-order valence-electron chi connectivity index (χ4n) is 2.94. The molecule has 2 aromatic carbocycles. The Bertz CT molecular complexity index is 1080. The van der Waals surface area contributed by atoms with Crippen LogP contribution in [0.25, 0.3) is 0 Å². The van der Waals surface area contributed by atoms with E-state index >= 15 is 0 Å². The van der Waals surface area contributed by atoms with E-state index in [4.69, 9.17) is 0 Å². The third kappa shape index (κ3) is 5.31. The van der Waals surface area contributed by atoms with Crippen LogP contribution in [0.4, 0.5) is 11.4 Å². The number of isocyanates is 2. The molecular weight excluding hydrogens is 364 g/mol. The zero-order valence-electron chi connectivity index (χ0n) is 17.6. The SMILES string of the molecule is Cc1ccc(C(C)(C)N=C=Nc2ccc(C)c(C(C)(C)N=C=O)c2)cc1N=C=O. The number of hydrogen-bond acceptors (Lipinski definition) is 6. The van der Waals surface area contributed by atoms with Crippen LogP contribution in [-0.4, -0.2) is 18.2 Å². The predicted octanol–water partition coefficient (Wildman–Crippen LogP) is 5.58. The first-order valence-corrected chi connectivity index (χ1v) is 9.17. The van der Waals surface area contributed by atoms with Crippen molar-refractivity contribution in [2.24, 2.45) is 20.0 Å². The number of carbonyl (C=O) groups excluding carboxylic acids is 2. The summed E-state index contributed by atoms with van der Waals surface area (Å²) in [7, 11) is 0. The van der Waals surface area contributed by atoms with E-state index in [-0.39, 0.29) is 0 Å². The Morgan fingerprint density at radius 2 is 1.45 bits per heavy atom. The second kappa shape index (κ2) is 8.72. The zero-order valence-corrected chi connectivity index (χ0v) is 17.6. The minimum atomic E-state index is -0.689. The molecule has 0 aliphatic rings. The van der Waals surface area contributed by atoms with Crippen molar-refractivity contribution in [2.75, 3.05) is 0 Å². The van der Waals surface area contributed by atoms with Gasteiger partial charge in [0.15, 0.2) is 0 Å². The minimum absolute atomic E-state index is 0.568. The first-order chi connectivity index (χ1) is 13.6. The van der Waals surface area contributed by atoms with Crippen molar-refractivity contribution in [3.05, 3.63) is 58.7 Å². The molecule has 0 heterocycles. The number of rotatable bonds is 6. The lowest BCUT2D eigenvalue weighted by Crippen LogP contribution is -2.15. The van der Waals surface area contributed by atoms with Gasteiger partial charge in [0.25, 0.3) is 0 Å². The third-order valence-electron chi connectivity index (χ3n) is 4.80. The maximum Gasteiger partial charge on any atom is 0.240 e. The Kier molecular flexibility index (Phi) is 6.58. The van der Waals surface area contributed by atoms with Crippen molar-refractivity contribution < 1.29 is 9.59 Å². The molecule has 148 valence electrons. The Labute approximate surface area is 170 Å². The van der Waals surface area contributed by atoms with Gasteiger partial charge in [-0.2, -0.15) is 15.0 Å². The van der Waals surface area contributed by atoms with E-state index in [1.54, 1.807) is 12.2 Å². The van der Waals surface area contributed by atoms with Gasteiger partial charge in [-0.25, -0.2) is 14.6 Å². The molecule has 0 fully saturated rings. The smallest absolute Gasteiger partial charge is 0.214 e. The highest BCUT2D eigenvalue weighted by Gasteiger charge is 2.22. The highest BCUT2D eigenvalue weighted by Crippen LogP contribution is 2.31. The summed E-state index contributed by atoms with van der Waals surface area (Å²) in [5.41, 5.74) is 3.59. The Balaban J connectivity index is 2.39. The van der Waals surface area contributed by atoms with Crippen LogP contribution in [-0.2, 0) is 20.7 Å². The van der Waals surface area contributed by atoms with Crippen LogP contribution in [0.2, 0.25) is 0 Å². The van der Waals surface area contributed by atoms with Crippen molar-refractivity contribution in [2.45, 2.75) is 52.6 Å². The van der Waals surface area contributed by atoms with Crippen molar-refractivity contribution in [3.63, 3.8) is 0 Å². The standard InChI is InChI=1S/C23H24N4O2/c1-16-8-10-19(12-20(16)23(5,6)27-15-29)24-13-26-22(3,4)18-9-7-17(2)21(11-18)25-14-28/h7-12H,1-6H3. The molecule has 6 nitrogen and oxygen atoms in total. The van der Waals surface area contributed by atoms with Gasteiger partial charge in [-0.15, -0.1) is 0 Å². The summed E-state index contributed by atoms with van der Waals surface area (Å²) in [6.45, 7) is 11.4. The second-order valence-corrected chi connectivity index (χ2v) is 7.85. The molecule has 6 heteroatoms. The first kappa shape index (κ1) is 21.9. The molecule has 0 aliphatic carbocycles. The van der Waals surface area contributed by atoms with Gasteiger partial charge in [0.2, 0.25) is 12.2 Å². The van der Waals surface area contributed by atoms with Gasteiger partial charge in [-0.3, -0.25) is 0 Å². The molecule has 0 aromatic heterocycles. The Morgan fingerprint density at radius 1 is 0.759 bits per heavy atom. The summed E-state index contributed by atoms with van der Waals surface area (Å²) in [5.74, 6) is 0. The van der Waals surface area contributed by atoms with Gasteiger partial charge in [0, 0.05) is 0 Å². The van der Waals surface area contributed by atoms with E-state index in [1.807, 2.05) is 77.9 Å². The van der Waals surface area contributed by atoms with Crippen LogP contribution in [0.1, 0.15) is 49.9 Å². The second-order valence-electron chi connectivity index (χ2n) is 7.85. The van der Waals surface area contributed by atoms with E-state index in [0.29, 0.717) is 11.4 Å². The van der Waals surface area contributed by atoms with Gasteiger partial charge in [-0.1, -0.05) is 18.2 Å². The highest BCUT2D eigenvalue weighted by molar-refractivity contribution is 5.58. The van der Waals surface area contributed by atoms with Crippen LogP contribution >= 0.6 is 0 Å². The van der Waals surface area contributed by atoms with E-state index in [0.717, 1.165) is 22.3 Å². The lowest BCUT2D eigenvalue weighted by atomic mass is 9.91. The summed E-state index contributed by atoms with van der Waals surface area (Å²) in [6, 6.07) is 14.1. The lowest BCUT2D eigenvalue weighted by Gasteiger charge is -2.20. The number of nitrogens with zero attached hydrogens (tertiary/aromatic N) is 4. The van der Waals surface area contributed by atoms with E-state index in [2.05, 4.69) is 26.0 Å². The first-order valence-electron chi connectivity index (χ1n) is 9.17.